The van der Waals surface area contributed by atoms with E-state index < -0.39 is 18.0 Å². The first-order chi connectivity index (χ1) is 10.1. The molecule has 0 saturated carbocycles. The van der Waals surface area contributed by atoms with Gasteiger partial charge in [0.1, 0.15) is 6.61 Å². The predicted molar refractivity (Wildman–Crippen MR) is 66.8 cm³/mol. The zero-order valence-corrected chi connectivity index (χ0v) is 10.6. The minimum Gasteiger partial charge on any atom is -0.447 e. The van der Waals surface area contributed by atoms with Crippen LogP contribution >= 0.6 is 0 Å². The smallest absolute Gasteiger partial charge is 0.447 e. The molecule has 1 amide bonds. The molecule has 8 heteroatoms. The third-order valence-electron chi connectivity index (χ3n) is 3.41. The Morgan fingerprint density at radius 1 is 1.33 bits per heavy atom. The number of carbonyl (C=O) groups excluding carboxylic acids is 1. The van der Waals surface area contributed by atoms with Gasteiger partial charge in [0.2, 0.25) is 5.82 Å². The summed E-state index contributed by atoms with van der Waals surface area (Å²) in [5.74, 6) is -0.481. The number of ether oxygens (including phenoxy) is 2. The first-order valence-electron chi connectivity index (χ1n) is 6.26. The highest BCUT2D eigenvalue weighted by Crippen LogP contribution is 2.42. The van der Waals surface area contributed by atoms with Gasteiger partial charge in [-0.2, -0.15) is 8.78 Å². The summed E-state index contributed by atoms with van der Waals surface area (Å²) in [6.45, 7) is 0.656. The molecule has 2 aromatic rings. The van der Waals surface area contributed by atoms with Gasteiger partial charge in [-0.25, -0.2) is 9.78 Å². The van der Waals surface area contributed by atoms with Gasteiger partial charge in [0.15, 0.2) is 5.75 Å². The first-order valence-corrected chi connectivity index (χ1v) is 6.26. The van der Waals surface area contributed by atoms with Crippen molar-refractivity contribution in [2.24, 2.45) is 0 Å². The second-order valence-electron chi connectivity index (χ2n) is 4.66. The lowest BCUT2D eigenvalue weighted by Gasteiger charge is -2.27. The fraction of sp³-hybridized carbons (Fsp3) is 0.231. The average molecular weight is 293 g/mol. The largest absolute Gasteiger partial charge is 0.461 e. The molecule has 6 nitrogen and oxygen atoms in total. The second kappa shape index (κ2) is 3.94. The SMILES string of the molecule is O=C1OCCN1c1ccc2c(c1)OC(F)(F)c1nccn1-2. The molecule has 0 bridgehead atoms. The van der Waals surface area contributed by atoms with Gasteiger partial charge in [-0.3, -0.25) is 9.47 Å². The van der Waals surface area contributed by atoms with E-state index in [0.29, 0.717) is 17.9 Å². The minimum absolute atomic E-state index is 0.0114. The zero-order valence-electron chi connectivity index (χ0n) is 10.6. The Labute approximate surface area is 117 Å². The van der Waals surface area contributed by atoms with Gasteiger partial charge >= 0.3 is 12.2 Å². The van der Waals surface area contributed by atoms with Gasteiger partial charge in [0.25, 0.3) is 0 Å². The van der Waals surface area contributed by atoms with Crippen molar-refractivity contribution in [3.8, 4) is 11.4 Å². The van der Waals surface area contributed by atoms with Crippen molar-refractivity contribution in [1.82, 2.24) is 9.55 Å². The van der Waals surface area contributed by atoms with Crippen LogP contribution in [0.3, 0.4) is 0 Å². The molecule has 21 heavy (non-hydrogen) atoms. The lowest BCUT2D eigenvalue weighted by molar-refractivity contribution is -0.197. The number of benzene rings is 1. The number of anilines is 1. The molecule has 3 heterocycles. The number of halogens is 2. The molecule has 108 valence electrons. The van der Waals surface area contributed by atoms with E-state index in [1.165, 1.54) is 27.9 Å². The molecule has 4 rings (SSSR count). The van der Waals surface area contributed by atoms with Crippen molar-refractivity contribution in [3.63, 3.8) is 0 Å². The maximum atomic E-state index is 13.9. The lowest BCUT2D eigenvalue weighted by atomic mass is 10.2. The molecule has 0 atom stereocenters. The Kier molecular flexibility index (Phi) is 2.27. The van der Waals surface area contributed by atoms with Crippen LogP contribution in [0.2, 0.25) is 0 Å². The number of fused-ring (bicyclic) bond motifs is 3. The summed E-state index contributed by atoms with van der Waals surface area (Å²) < 4.78 is 38.6. The fourth-order valence-electron chi connectivity index (χ4n) is 2.48. The number of hydrogen-bond donors (Lipinski definition) is 0. The Bertz CT molecular complexity index is 744. The number of carbonyl (C=O) groups is 1. The summed E-state index contributed by atoms with van der Waals surface area (Å²) in [4.78, 5) is 16.5. The van der Waals surface area contributed by atoms with Crippen LogP contribution in [0.1, 0.15) is 5.82 Å². The van der Waals surface area contributed by atoms with Crippen molar-refractivity contribution in [2.45, 2.75) is 6.11 Å². The highest BCUT2D eigenvalue weighted by Gasteiger charge is 2.44. The molecule has 2 aliphatic heterocycles. The Morgan fingerprint density at radius 3 is 2.95 bits per heavy atom. The number of hydrogen-bond acceptors (Lipinski definition) is 4. The molecule has 0 aliphatic carbocycles. The van der Waals surface area contributed by atoms with Crippen LogP contribution in [-0.4, -0.2) is 28.8 Å². The van der Waals surface area contributed by atoms with Crippen LogP contribution in [0.4, 0.5) is 19.3 Å². The third-order valence-corrected chi connectivity index (χ3v) is 3.41. The van der Waals surface area contributed by atoms with Crippen LogP contribution in [0, 0.1) is 0 Å². The summed E-state index contributed by atoms with van der Waals surface area (Å²) in [5.41, 5.74) is 0.903. The van der Waals surface area contributed by atoms with Gasteiger partial charge in [0, 0.05) is 18.5 Å². The molecule has 1 aromatic heterocycles. The first kappa shape index (κ1) is 12.1. The van der Waals surface area contributed by atoms with E-state index in [1.807, 2.05) is 0 Å². The number of alkyl halides is 2. The van der Waals surface area contributed by atoms with E-state index in [-0.39, 0.29) is 12.4 Å². The van der Waals surface area contributed by atoms with Gasteiger partial charge in [-0.05, 0) is 12.1 Å². The lowest BCUT2D eigenvalue weighted by Crippen LogP contribution is -2.31. The number of nitrogens with zero attached hydrogens (tertiary/aromatic N) is 3. The Balaban J connectivity index is 1.82. The number of imidazole rings is 1. The van der Waals surface area contributed by atoms with Crippen LogP contribution in [0.5, 0.6) is 5.75 Å². The standard InChI is InChI=1S/C13H9F2N3O3/c14-13(15)11-16-3-4-18(11)9-2-1-8(7-10(9)21-13)17-5-6-20-12(17)19/h1-4,7H,5-6H2. The quantitative estimate of drug-likeness (QED) is 0.809. The maximum absolute atomic E-state index is 13.9. The highest BCUT2D eigenvalue weighted by molar-refractivity contribution is 5.89. The molecule has 2 aliphatic rings. The predicted octanol–water partition coefficient (Wildman–Crippen LogP) is 2.27. The molecule has 0 N–H and O–H groups in total. The van der Waals surface area contributed by atoms with Crippen molar-refractivity contribution >= 4 is 11.8 Å². The summed E-state index contributed by atoms with van der Waals surface area (Å²) in [6, 6.07) is 4.66. The van der Waals surface area contributed by atoms with E-state index in [2.05, 4.69) is 4.98 Å². The van der Waals surface area contributed by atoms with E-state index >= 15 is 0 Å². The van der Waals surface area contributed by atoms with Gasteiger partial charge in [0.05, 0.1) is 17.9 Å². The Morgan fingerprint density at radius 2 is 2.19 bits per heavy atom. The number of amides is 1. The van der Waals surface area contributed by atoms with Crippen molar-refractivity contribution in [2.75, 3.05) is 18.1 Å². The molecule has 1 aromatic carbocycles. The molecule has 1 saturated heterocycles. The maximum Gasteiger partial charge on any atom is 0.461 e. The minimum atomic E-state index is -3.51. The topological polar surface area (TPSA) is 56.6 Å². The van der Waals surface area contributed by atoms with Gasteiger partial charge < -0.3 is 9.47 Å². The molecular formula is C13H9F2N3O3. The van der Waals surface area contributed by atoms with Gasteiger partial charge in [-0.1, -0.05) is 0 Å². The van der Waals surface area contributed by atoms with Crippen LogP contribution in [-0.2, 0) is 10.8 Å². The normalized spacial score (nSPS) is 18.8. The molecule has 0 spiro atoms. The van der Waals surface area contributed by atoms with Crippen molar-refractivity contribution < 1.29 is 23.0 Å². The van der Waals surface area contributed by atoms with Gasteiger partial charge in [-0.15, -0.1) is 0 Å². The summed E-state index contributed by atoms with van der Waals surface area (Å²) in [5, 5.41) is 0. The summed E-state index contributed by atoms with van der Waals surface area (Å²) >= 11 is 0. The van der Waals surface area contributed by atoms with Crippen LogP contribution < -0.4 is 9.64 Å². The third kappa shape index (κ3) is 1.68. The van der Waals surface area contributed by atoms with E-state index in [0.717, 1.165) is 0 Å². The van der Waals surface area contributed by atoms with Crippen LogP contribution in [0.15, 0.2) is 30.6 Å². The van der Waals surface area contributed by atoms with E-state index in [1.54, 1.807) is 12.1 Å². The van der Waals surface area contributed by atoms with E-state index in [9.17, 15) is 13.6 Å². The molecule has 0 unspecified atom stereocenters. The highest BCUT2D eigenvalue weighted by atomic mass is 19.3. The summed E-state index contributed by atoms with van der Waals surface area (Å²) in [6.07, 6.45) is -1.29. The summed E-state index contributed by atoms with van der Waals surface area (Å²) in [7, 11) is 0. The number of aromatic nitrogens is 2. The van der Waals surface area contributed by atoms with Crippen LogP contribution in [0.25, 0.3) is 5.69 Å². The average Bonchev–Trinajstić information content (AvgIpc) is 3.06. The number of rotatable bonds is 1. The van der Waals surface area contributed by atoms with E-state index in [4.69, 9.17) is 9.47 Å². The second-order valence-corrected chi connectivity index (χ2v) is 4.66. The monoisotopic (exact) mass is 293 g/mol. The number of cyclic esters (lactones) is 1. The zero-order chi connectivity index (χ0) is 14.6. The fourth-order valence-corrected chi connectivity index (χ4v) is 2.48. The van der Waals surface area contributed by atoms with Crippen molar-refractivity contribution in [1.29, 1.82) is 0 Å². The molecule has 0 radical (unpaired) electrons. The molecule has 1 fully saturated rings. The Hall–Kier alpha value is -2.64. The van der Waals surface area contributed by atoms with Crippen molar-refractivity contribution in [3.05, 3.63) is 36.4 Å². The molecular weight excluding hydrogens is 284 g/mol.